The van der Waals surface area contributed by atoms with Gasteiger partial charge in [0.1, 0.15) is 11.5 Å². The van der Waals surface area contributed by atoms with E-state index >= 15 is 0 Å². The Morgan fingerprint density at radius 2 is 1.38 bits per heavy atom. The maximum absolute atomic E-state index is 12.8. The second-order valence-electron chi connectivity index (χ2n) is 11.3. The molecule has 6 nitrogen and oxygen atoms in total. The molecule has 0 spiro atoms. The first kappa shape index (κ1) is 28.8. The van der Waals surface area contributed by atoms with Gasteiger partial charge < -0.3 is 14.4 Å². The lowest BCUT2D eigenvalue weighted by Gasteiger charge is -2.26. The summed E-state index contributed by atoms with van der Waals surface area (Å²) in [6, 6.07) is 32.8. The standard InChI is InChI=1S/C36H35NO5/c1-24-10-12-26(13-11-24)34(39)25(2)41-35(40)27-22-33(38)37(23-27)30-16-20-32(21-17-30)42-31-18-14-29(15-19-31)36(3,4)28-8-6-5-7-9-28/h5-21,25,27H,22-23H2,1-4H3/t25-,27+/m0/s1. The summed E-state index contributed by atoms with van der Waals surface area (Å²) in [4.78, 5) is 39.8. The quantitative estimate of drug-likeness (QED) is 0.159. The van der Waals surface area contributed by atoms with Gasteiger partial charge in [0.25, 0.3) is 0 Å². The molecule has 5 rings (SSSR count). The Kier molecular flexibility index (Phi) is 8.25. The minimum Gasteiger partial charge on any atom is -0.457 e. The summed E-state index contributed by atoms with van der Waals surface area (Å²) in [5.41, 5.74) is 4.49. The smallest absolute Gasteiger partial charge is 0.312 e. The van der Waals surface area contributed by atoms with E-state index < -0.39 is 18.0 Å². The molecule has 42 heavy (non-hydrogen) atoms. The Morgan fingerprint density at radius 3 is 2.00 bits per heavy atom. The van der Waals surface area contributed by atoms with Gasteiger partial charge in [-0.05, 0) is 61.4 Å². The van der Waals surface area contributed by atoms with Crippen LogP contribution in [0, 0.1) is 12.8 Å². The normalized spacial score (nSPS) is 15.8. The number of esters is 1. The van der Waals surface area contributed by atoms with Crippen molar-refractivity contribution in [1.29, 1.82) is 0 Å². The maximum atomic E-state index is 12.8. The van der Waals surface area contributed by atoms with Crippen LogP contribution in [0.1, 0.15) is 54.2 Å². The van der Waals surface area contributed by atoms with Crippen LogP contribution in [0.3, 0.4) is 0 Å². The fourth-order valence-electron chi connectivity index (χ4n) is 5.18. The Hall–Kier alpha value is -4.71. The van der Waals surface area contributed by atoms with Crippen LogP contribution in [-0.2, 0) is 19.7 Å². The van der Waals surface area contributed by atoms with E-state index in [0.717, 1.165) is 5.56 Å². The number of ketones is 1. The molecule has 1 saturated heterocycles. The number of anilines is 1. The SMILES string of the molecule is Cc1ccc(C(=O)[C@H](C)OC(=O)[C@@H]2CC(=O)N(c3ccc(Oc4ccc(C(C)(C)c5ccccc5)cc4)cc3)C2)cc1. The molecular formula is C36H35NO5. The minimum absolute atomic E-state index is 0.0359. The number of nitrogens with zero attached hydrogens (tertiary/aromatic N) is 1. The second-order valence-corrected chi connectivity index (χ2v) is 11.3. The van der Waals surface area contributed by atoms with E-state index in [-0.39, 0.29) is 30.1 Å². The highest BCUT2D eigenvalue weighted by atomic mass is 16.5. The Balaban J connectivity index is 1.17. The summed E-state index contributed by atoms with van der Waals surface area (Å²) in [6.07, 6.45) is -0.895. The summed E-state index contributed by atoms with van der Waals surface area (Å²) in [5, 5.41) is 0. The molecular weight excluding hydrogens is 526 g/mol. The van der Waals surface area contributed by atoms with Crippen LogP contribution >= 0.6 is 0 Å². The van der Waals surface area contributed by atoms with Crippen molar-refractivity contribution < 1.29 is 23.9 Å². The fourth-order valence-corrected chi connectivity index (χ4v) is 5.18. The molecule has 0 aromatic heterocycles. The molecule has 6 heteroatoms. The monoisotopic (exact) mass is 561 g/mol. The number of amides is 1. The van der Waals surface area contributed by atoms with Gasteiger partial charge in [-0.1, -0.05) is 86.1 Å². The van der Waals surface area contributed by atoms with Crippen molar-refractivity contribution in [3.05, 3.63) is 125 Å². The van der Waals surface area contributed by atoms with Crippen molar-refractivity contribution in [2.75, 3.05) is 11.4 Å². The number of carbonyl (C=O) groups is 3. The topological polar surface area (TPSA) is 72.9 Å². The molecule has 0 N–H and O–H groups in total. The van der Waals surface area contributed by atoms with E-state index in [9.17, 15) is 14.4 Å². The van der Waals surface area contributed by atoms with Crippen LogP contribution in [0.5, 0.6) is 11.5 Å². The van der Waals surface area contributed by atoms with Crippen molar-refractivity contribution >= 4 is 23.3 Å². The average molecular weight is 562 g/mol. The molecule has 4 aromatic carbocycles. The lowest BCUT2D eigenvalue weighted by Crippen LogP contribution is -2.30. The van der Waals surface area contributed by atoms with Gasteiger partial charge in [0, 0.05) is 29.6 Å². The first-order chi connectivity index (χ1) is 20.1. The molecule has 2 atom stereocenters. The van der Waals surface area contributed by atoms with E-state index in [0.29, 0.717) is 22.7 Å². The van der Waals surface area contributed by atoms with Gasteiger partial charge in [-0.15, -0.1) is 0 Å². The average Bonchev–Trinajstić information content (AvgIpc) is 3.40. The predicted octanol–water partition coefficient (Wildman–Crippen LogP) is 7.28. The van der Waals surface area contributed by atoms with Crippen molar-refractivity contribution in [3.63, 3.8) is 0 Å². The van der Waals surface area contributed by atoms with E-state index in [1.807, 2.05) is 37.3 Å². The van der Waals surface area contributed by atoms with Gasteiger partial charge in [0.15, 0.2) is 6.10 Å². The third-order valence-corrected chi connectivity index (χ3v) is 7.91. The number of rotatable bonds is 9. The van der Waals surface area contributed by atoms with Crippen LogP contribution < -0.4 is 9.64 Å². The summed E-state index contributed by atoms with van der Waals surface area (Å²) in [7, 11) is 0. The van der Waals surface area contributed by atoms with Crippen LogP contribution in [0.15, 0.2) is 103 Å². The zero-order valence-electron chi connectivity index (χ0n) is 24.4. The van der Waals surface area contributed by atoms with Crippen molar-refractivity contribution in [2.45, 2.75) is 45.6 Å². The molecule has 1 amide bonds. The third kappa shape index (κ3) is 6.28. The molecule has 1 fully saturated rings. The molecule has 1 heterocycles. The molecule has 0 bridgehead atoms. The molecule has 0 unspecified atom stereocenters. The summed E-state index contributed by atoms with van der Waals surface area (Å²) in [6.45, 7) is 8.10. The number of benzene rings is 4. The van der Waals surface area contributed by atoms with Gasteiger partial charge in [-0.2, -0.15) is 0 Å². The van der Waals surface area contributed by atoms with Crippen LogP contribution in [0.25, 0.3) is 0 Å². The number of carbonyl (C=O) groups excluding carboxylic acids is 3. The van der Waals surface area contributed by atoms with Gasteiger partial charge in [-0.3, -0.25) is 14.4 Å². The van der Waals surface area contributed by atoms with Gasteiger partial charge in [0.05, 0.1) is 5.92 Å². The van der Waals surface area contributed by atoms with E-state index in [1.54, 1.807) is 48.2 Å². The first-order valence-corrected chi connectivity index (χ1v) is 14.2. The number of aryl methyl sites for hydroxylation is 1. The third-order valence-electron chi connectivity index (χ3n) is 7.91. The Morgan fingerprint density at radius 1 is 0.810 bits per heavy atom. The molecule has 1 aliphatic rings. The molecule has 1 aliphatic heterocycles. The largest absolute Gasteiger partial charge is 0.457 e. The number of hydrogen-bond donors (Lipinski definition) is 0. The van der Waals surface area contributed by atoms with Crippen molar-refractivity contribution in [2.24, 2.45) is 5.92 Å². The zero-order valence-corrected chi connectivity index (χ0v) is 24.4. The molecule has 0 saturated carbocycles. The Bertz CT molecular complexity index is 1560. The number of hydrogen-bond acceptors (Lipinski definition) is 5. The molecule has 0 radical (unpaired) electrons. The lowest BCUT2D eigenvalue weighted by molar-refractivity contribution is -0.151. The van der Waals surface area contributed by atoms with Crippen LogP contribution in [-0.4, -0.2) is 30.3 Å². The van der Waals surface area contributed by atoms with Crippen molar-refractivity contribution in [3.8, 4) is 11.5 Å². The van der Waals surface area contributed by atoms with Gasteiger partial charge in [0.2, 0.25) is 11.7 Å². The summed E-state index contributed by atoms with van der Waals surface area (Å²) >= 11 is 0. The number of ether oxygens (including phenoxy) is 2. The fraction of sp³-hybridized carbons (Fsp3) is 0.250. The van der Waals surface area contributed by atoms with Gasteiger partial charge >= 0.3 is 5.97 Å². The van der Waals surface area contributed by atoms with Crippen LogP contribution in [0.2, 0.25) is 0 Å². The molecule has 4 aromatic rings. The van der Waals surface area contributed by atoms with E-state index in [4.69, 9.17) is 9.47 Å². The molecule has 0 aliphatic carbocycles. The maximum Gasteiger partial charge on any atom is 0.312 e. The van der Waals surface area contributed by atoms with Crippen LogP contribution in [0.4, 0.5) is 5.69 Å². The predicted molar refractivity (Wildman–Crippen MR) is 163 cm³/mol. The highest BCUT2D eigenvalue weighted by Gasteiger charge is 2.37. The summed E-state index contributed by atoms with van der Waals surface area (Å²) < 4.78 is 11.5. The zero-order chi connectivity index (χ0) is 29.9. The summed E-state index contributed by atoms with van der Waals surface area (Å²) in [5.74, 6) is -0.267. The van der Waals surface area contributed by atoms with Crippen molar-refractivity contribution in [1.82, 2.24) is 0 Å². The highest BCUT2D eigenvalue weighted by molar-refractivity contribution is 6.02. The molecule has 214 valence electrons. The van der Waals surface area contributed by atoms with E-state index in [2.05, 4.69) is 50.2 Å². The van der Waals surface area contributed by atoms with E-state index in [1.165, 1.54) is 11.1 Å². The first-order valence-electron chi connectivity index (χ1n) is 14.2. The van der Waals surface area contributed by atoms with Gasteiger partial charge in [-0.25, -0.2) is 0 Å². The Labute approximate surface area is 246 Å². The number of Topliss-reactive ketones (excluding diaryl/α,β-unsaturated/α-hetero) is 1. The highest BCUT2D eigenvalue weighted by Crippen LogP contribution is 2.34. The minimum atomic E-state index is -0.931. The lowest BCUT2D eigenvalue weighted by atomic mass is 9.78. The second kappa shape index (κ2) is 12.0.